The Morgan fingerprint density at radius 3 is 1.09 bits per heavy atom. The Hall–Kier alpha value is -0.780. The predicted molar refractivity (Wildman–Crippen MR) is 56.8 cm³/mol. The fourth-order valence-corrected chi connectivity index (χ4v) is 0. The van der Waals surface area contributed by atoms with Gasteiger partial charge in [0.25, 0.3) is 0 Å². The van der Waals surface area contributed by atoms with E-state index < -0.39 is 0 Å². The third-order valence-electron chi connectivity index (χ3n) is 0.333. The summed E-state index contributed by atoms with van der Waals surface area (Å²) in [6.45, 7) is 16.8. The minimum absolute atomic E-state index is 1.17. The highest BCUT2D eigenvalue weighted by Crippen LogP contribution is 1.73. The summed E-state index contributed by atoms with van der Waals surface area (Å²) in [5.74, 6) is 0. The van der Waals surface area contributed by atoms with E-state index in [1.54, 1.807) is 6.08 Å². The molecule has 0 heterocycles. The Morgan fingerprint density at radius 2 is 1.09 bits per heavy atom. The van der Waals surface area contributed by atoms with Crippen molar-refractivity contribution in [1.29, 1.82) is 0 Å². The van der Waals surface area contributed by atoms with Crippen molar-refractivity contribution in [1.82, 2.24) is 0 Å². The van der Waals surface area contributed by atoms with Crippen molar-refractivity contribution in [2.45, 2.75) is 34.6 Å². The van der Waals surface area contributed by atoms with Crippen LogP contribution in [-0.2, 0) is 0 Å². The highest BCUT2D eigenvalue weighted by Gasteiger charge is 1.51. The van der Waals surface area contributed by atoms with Gasteiger partial charge < -0.3 is 0 Å². The van der Waals surface area contributed by atoms with Gasteiger partial charge in [0.2, 0.25) is 0 Å². The summed E-state index contributed by atoms with van der Waals surface area (Å²) in [7, 11) is 0. The zero-order chi connectivity index (χ0) is 9.70. The molecule has 0 saturated carbocycles. The second-order valence-corrected chi connectivity index (χ2v) is 2.28. The van der Waals surface area contributed by atoms with Gasteiger partial charge >= 0.3 is 0 Å². The van der Waals surface area contributed by atoms with Gasteiger partial charge in [-0.2, -0.15) is 0 Å². The quantitative estimate of drug-likeness (QED) is 0.455. The maximum atomic E-state index is 3.56. The molecule has 66 valence electrons. The lowest BCUT2D eigenvalue weighted by Crippen LogP contribution is -1.43. The SMILES string of the molecule is C=C(C)C.C=CC.CC=CC. The summed E-state index contributed by atoms with van der Waals surface area (Å²) in [5.41, 5.74) is 1.17. The highest BCUT2D eigenvalue weighted by molar-refractivity contribution is 4.78. The van der Waals surface area contributed by atoms with E-state index >= 15 is 0 Å². The van der Waals surface area contributed by atoms with Crippen LogP contribution in [0.3, 0.4) is 0 Å². The lowest BCUT2D eigenvalue weighted by Gasteiger charge is -1.65. The van der Waals surface area contributed by atoms with Crippen LogP contribution >= 0.6 is 0 Å². The topological polar surface area (TPSA) is 0 Å². The van der Waals surface area contributed by atoms with Gasteiger partial charge in [0.1, 0.15) is 0 Å². The monoisotopic (exact) mass is 154 g/mol. The Kier molecular flexibility index (Phi) is 34.6. The first-order valence-electron chi connectivity index (χ1n) is 3.83. The standard InChI is InChI=1S/2C4H8.C3H6/c1-4(2)3;1-3-4-2;1-3-2/h1H2,2-3H3;3-4H,1-2H3;3H,1H2,2H3. The lowest BCUT2D eigenvalue weighted by atomic mass is 10.4. The first-order valence-corrected chi connectivity index (χ1v) is 3.83. The van der Waals surface area contributed by atoms with Crippen molar-refractivity contribution in [3.05, 3.63) is 37.0 Å². The molecule has 0 spiro atoms. The summed E-state index contributed by atoms with van der Waals surface area (Å²) < 4.78 is 0. The molecule has 0 heteroatoms. The molecule has 0 aliphatic rings. The summed E-state index contributed by atoms with van der Waals surface area (Å²) in [5, 5.41) is 0. The Morgan fingerprint density at radius 1 is 1.00 bits per heavy atom. The van der Waals surface area contributed by atoms with E-state index in [0.29, 0.717) is 0 Å². The third-order valence-corrected chi connectivity index (χ3v) is 0.333. The van der Waals surface area contributed by atoms with Crippen molar-refractivity contribution in [3.63, 3.8) is 0 Å². The van der Waals surface area contributed by atoms with Crippen LogP contribution in [0.25, 0.3) is 0 Å². The molecule has 0 amide bonds. The fraction of sp³-hybridized carbons (Fsp3) is 0.455. The van der Waals surface area contributed by atoms with Crippen LogP contribution in [0.1, 0.15) is 34.6 Å². The number of allylic oxidation sites excluding steroid dienone is 4. The first-order chi connectivity index (χ1) is 5.06. The fourth-order valence-electron chi connectivity index (χ4n) is 0. The van der Waals surface area contributed by atoms with Gasteiger partial charge in [-0.1, -0.05) is 23.8 Å². The van der Waals surface area contributed by atoms with Crippen molar-refractivity contribution in [2.24, 2.45) is 0 Å². The van der Waals surface area contributed by atoms with Gasteiger partial charge in [0, 0.05) is 0 Å². The minimum atomic E-state index is 1.17. The second-order valence-electron chi connectivity index (χ2n) is 2.28. The largest absolute Gasteiger partial charge is 0.103 e. The van der Waals surface area contributed by atoms with Crippen molar-refractivity contribution in [2.75, 3.05) is 0 Å². The van der Waals surface area contributed by atoms with E-state index in [0.717, 1.165) is 0 Å². The van der Waals surface area contributed by atoms with Crippen molar-refractivity contribution in [3.8, 4) is 0 Å². The van der Waals surface area contributed by atoms with Gasteiger partial charge in [-0.05, 0) is 34.6 Å². The first kappa shape index (κ1) is 16.7. The smallest absolute Gasteiger partial charge is 0.0445 e. The predicted octanol–water partition coefficient (Wildman–Crippen LogP) is 4.36. The summed E-state index contributed by atoms with van der Waals surface area (Å²) in [6, 6.07) is 0. The second kappa shape index (κ2) is 22.9. The van der Waals surface area contributed by atoms with E-state index in [4.69, 9.17) is 0 Å². The zero-order valence-corrected chi connectivity index (χ0v) is 8.65. The third kappa shape index (κ3) is 9930. The molecule has 11 heavy (non-hydrogen) atoms. The van der Waals surface area contributed by atoms with Crippen LogP contribution in [0.5, 0.6) is 0 Å². The van der Waals surface area contributed by atoms with E-state index in [2.05, 4.69) is 13.2 Å². The molecule has 0 bridgehead atoms. The average molecular weight is 154 g/mol. The molecular formula is C11H22. The molecule has 0 fully saturated rings. The Labute approximate surface area is 72.3 Å². The normalized spacial score (nSPS) is 7.00. The molecule has 0 nitrogen and oxygen atoms in total. The van der Waals surface area contributed by atoms with Gasteiger partial charge in [0.05, 0.1) is 0 Å². The van der Waals surface area contributed by atoms with E-state index in [1.807, 2.05) is 46.8 Å². The Bertz CT molecular complexity index is 88.6. The average Bonchev–Trinajstić information content (AvgIpc) is 1.88. The number of hydrogen-bond acceptors (Lipinski definition) is 0. The van der Waals surface area contributed by atoms with Crippen LogP contribution in [0, 0.1) is 0 Å². The van der Waals surface area contributed by atoms with Crippen molar-refractivity contribution < 1.29 is 0 Å². The lowest BCUT2D eigenvalue weighted by molar-refractivity contribution is 1.42. The van der Waals surface area contributed by atoms with Crippen LogP contribution in [0.2, 0.25) is 0 Å². The van der Waals surface area contributed by atoms with E-state index in [9.17, 15) is 0 Å². The molecule has 0 aromatic rings. The molecule has 0 aromatic heterocycles. The van der Waals surface area contributed by atoms with Gasteiger partial charge in [-0.15, -0.1) is 13.2 Å². The molecule has 0 radical (unpaired) electrons. The molecule has 0 aliphatic carbocycles. The number of hydrogen-bond donors (Lipinski definition) is 0. The van der Waals surface area contributed by atoms with Gasteiger partial charge in [0.15, 0.2) is 0 Å². The summed E-state index contributed by atoms with van der Waals surface area (Å²) in [4.78, 5) is 0. The van der Waals surface area contributed by atoms with Crippen LogP contribution < -0.4 is 0 Å². The van der Waals surface area contributed by atoms with Crippen LogP contribution in [-0.4, -0.2) is 0 Å². The van der Waals surface area contributed by atoms with Crippen LogP contribution in [0.15, 0.2) is 37.0 Å². The van der Waals surface area contributed by atoms with Crippen LogP contribution in [0.4, 0.5) is 0 Å². The molecule has 0 aliphatic heterocycles. The van der Waals surface area contributed by atoms with Gasteiger partial charge in [-0.25, -0.2) is 0 Å². The van der Waals surface area contributed by atoms with Gasteiger partial charge in [-0.3, -0.25) is 0 Å². The molecule has 0 unspecified atom stereocenters. The molecule has 0 atom stereocenters. The minimum Gasteiger partial charge on any atom is -0.103 e. The summed E-state index contributed by atoms with van der Waals surface area (Å²) in [6.07, 6.45) is 5.75. The van der Waals surface area contributed by atoms with E-state index in [1.165, 1.54) is 5.57 Å². The molecule has 0 aromatic carbocycles. The highest BCUT2D eigenvalue weighted by atomic mass is 13.6. The van der Waals surface area contributed by atoms with E-state index in [-0.39, 0.29) is 0 Å². The maximum absolute atomic E-state index is 3.56. The number of rotatable bonds is 0. The summed E-state index contributed by atoms with van der Waals surface area (Å²) >= 11 is 0. The molecular weight excluding hydrogens is 132 g/mol. The molecule has 0 N–H and O–H groups in total. The molecule has 0 saturated heterocycles. The van der Waals surface area contributed by atoms with Crippen molar-refractivity contribution >= 4 is 0 Å². The molecule has 0 rings (SSSR count). The maximum Gasteiger partial charge on any atom is -0.0445 e. The zero-order valence-electron chi connectivity index (χ0n) is 8.65. The Balaban J connectivity index is -0.0000000886.